The second kappa shape index (κ2) is 8.81. The van der Waals surface area contributed by atoms with Gasteiger partial charge in [0, 0.05) is 23.3 Å². The molecular formula is C23H21N3O6S. The molecule has 170 valence electrons. The summed E-state index contributed by atoms with van der Waals surface area (Å²) in [4.78, 5) is 16.0. The topological polar surface area (TPSA) is 119 Å². The zero-order valence-electron chi connectivity index (χ0n) is 17.7. The van der Waals surface area contributed by atoms with Crippen molar-refractivity contribution in [3.63, 3.8) is 0 Å². The Morgan fingerprint density at radius 3 is 2.61 bits per heavy atom. The monoisotopic (exact) mass is 467 g/mol. The third kappa shape index (κ3) is 4.15. The van der Waals surface area contributed by atoms with E-state index in [9.17, 15) is 9.35 Å². The number of para-hydroxylation sites is 1. The van der Waals surface area contributed by atoms with Crippen molar-refractivity contribution < 1.29 is 28.3 Å². The molecule has 0 aliphatic carbocycles. The van der Waals surface area contributed by atoms with Gasteiger partial charge in [-0.05, 0) is 18.2 Å². The number of nitrogens with zero attached hydrogens (tertiary/aromatic N) is 2. The summed E-state index contributed by atoms with van der Waals surface area (Å²) in [5, 5.41) is -0.447. The minimum atomic E-state index is -1.57. The molecule has 0 spiro atoms. The second-order valence-electron chi connectivity index (χ2n) is 7.47. The summed E-state index contributed by atoms with van der Waals surface area (Å²) in [5.41, 5.74) is 1.63. The number of hydrogen-bond acceptors (Lipinski definition) is 8. The molecule has 3 heterocycles. The van der Waals surface area contributed by atoms with Crippen molar-refractivity contribution in [1.82, 2.24) is 9.40 Å². The van der Waals surface area contributed by atoms with E-state index < -0.39 is 16.6 Å². The van der Waals surface area contributed by atoms with Gasteiger partial charge in [0.1, 0.15) is 12.4 Å². The number of hydrogen-bond donors (Lipinski definition) is 1. The van der Waals surface area contributed by atoms with Crippen LogP contribution in [0.4, 0.5) is 0 Å². The van der Waals surface area contributed by atoms with Crippen LogP contribution in [0, 0.1) is 0 Å². The summed E-state index contributed by atoms with van der Waals surface area (Å²) < 4.78 is 36.1. The number of ether oxygens (including phenoxy) is 4. The van der Waals surface area contributed by atoms with Crippen molar-refractivity contribution in [2.45, 2.75) is 17.8 Å². The molecule has 0 bridgehead atoms. The third-order valence-corrected chi connectivity index (χ3v) is 6.95. The lowest BCUT2D eigenvalue weighted by Crippen LogP contribution is -2.36. The number of rotatable bonds is 6. The van der Waals surface area contributed by atoms with Crippen LogP contribution in [0.5, 0.6) is 29.0 Å². The number of pyridine rings is 1. The maximum absolute atomic E-state index is 12.2. The molecule has 0 radical (unpaired) electrons. The van der Waals surface area contributed by atoms with Gasteiger partial charge in [-0.2, -0.15) is 4.98 Å². The van der Waals surface area contributed by atoms with Crippen LogP contribution in [0.15, 0.2) is 60.7 Å². The maximum atomic E-state index is 12.2. The first kappa shape index (κ1) is 21.4. The molecule has 33 heavy (non-hydrogen) atoms. The van der Waals surface area contributed by atoms with E-state index in [1.54, 1.807) is 55.6 Å². The minimum Gasteiger partial charge on any atom is -0.591 e. The first-order valence-electron chi connectivity index (χ1n) is 10.2. The van der Waals surface area contributed by atoms with Gasteiger partial charge in [-0.1, -0.05) is 34.7 Å². The average molecular weight is 468 g/mol. The molecule has 2 aromatic carbocycles. The van der Waals surface area contributed by atoms with Crippen molar-refractivity contribution in [3.8, 4) is 29.0 Å². The Balaban J connectivity index is 1.30. The highest BCUT2D eigenvalue weighted by Gasteiger charge is 2.43. The van der Waals surface area contributed by atoms with Crippen molar-refractivity contribution >= 4 is 17.3 Å². The van der Waals surface area contributed by atoms with E-state index >= 15 is 0 Å². The predicted molar refractivity (Wildman–Crippen MR) is 119 cm³/mol. The zero-order chi connectivity index (χ0) is 22.9. The first-order chi connectivity index (χ1) is 16.0. The van der Waals surface area contributed by atoms with Crippen LogP contribution < -0.4 is 24.8 Å². The molecule has 1 fully saturated rings. The van der Waals surface area contributed by atoms with Crippen LogP contribution in [0.25, 0.3) is 0 Å². The van der Waals surface area contributed by atoms with E-state index in [2.05, 4.69) is 4.98 Å². The van der Waals surface area contributed by atoms with Gasteiger partial charge in [0.25, 0.3) is 5.91 Å². The van der Waals surface area contributed by atoms with Gasteiger partial charge >= 0.3 is 0 Å². The largest absolute Gasteiger partial charge is 0.591 e. The Hall–Kier alpha value is -3.47. The SMILES string of the molecule is COc1cccc(Oc2cccc3c2OC[C@H]3Oc2ccc(C3CC(=O)N(N)[S+]3[O-])cc2)n1. The molecule has 1 amide bonds. The van der Waals surface area contributed by atoms with Gasteiger partial charge in [-0.25, -0.2) is 5.84 Å². The maximum Gasteiger partial charge on any atom is 0.287 e. The molecule has 2 aliphatic heterocycles. The van der Waals surface area contributed by atoms with Crippen molar-refractivity contribution in [3.05, 3.63) is 71.8 Å². The lowest BCUT2D eigenvalue weighted by atomic mass is 10.1. The molecule has 1 saturated heterocycles. The normalized spacial score (nSPS) is 21.5. The highest BCUT2D eigenvalue weighted by atomic mass is 32.2. The van der Waals surface area contributed by atoms with Gasteiger partial charge in [0.05, 0.1) is 24.9 Å². The highest BCUT2D eigenvalue weighted by Crippen LogP contribution is 2.43. The summed E-state index contributed by atoms with van der Waals surface area (Å²) in [6.07, 6.45) is -0.202. The molecule has 9 nitrogen and oxygen atoms in total. The predicted octanol–water partition coefficient (Wildman–Crippen LogP) is 3.21. The van der Waals surface area contributed by atoms with E-state index in [0.29, 0.717) is 35.6 Å². The molecule has 2 unspecified atom stereocenters. The van der Waals surface area contributed by atoms with Gasteiger partial charge in [0.15, 0.2) is 22.9 Å². The lowest BCUT2D eigenvalue weighted by molar-refractivity contribution is -0.125. The number of hydrazine groups is 1. The van der Waals surface area contributed by atoms with E-state index in [-0.39, 0.29) is 18.4 Å². The summed E-state index contributed by atoms with van der Waals surface area (Å²) >= 11 is -1.57. The van der Waals surface area contributed by atoms with E-state index in [4.69, 9.17) is 24.8 Å². The van der Waals surface area contributed by atoms with Crippen LogP contribution in [0.2, 0.25) is 0 Å². The van der Waals surface area contributed by atoms with Crippen LogP contribution in [-0.2, 0) is 16.2 Å². The zero-order valence-corrected chi connectivity index (χ0v) is 18.5. The Morgan fingerprint density at radius 2 is 1.88 bits per heavy atom. The molecule has 3 aromatic rings. The number of carbonyl (C=O) groups is 1. The average Bonchev–Trinajstić information content (AvgIpc) is 3.36. The van der Waals surface area contributed by atoms with Crippen LogP contribution >= 0.6 is 0 Å². The van der Waals surface area contributed by atoms with Crippen molar-refractivity contribution in [1.29, 1.82) is 0 Å². The molecule has 3 atom stereocenters. The summed E-state index contributed by atoms with van der Waals surface area (Å²) in [6, 6.07) is 18.0. The second-order valence-corrected chi connectivity index (χ2v) is 8.98. The van der Waals surface area contributed by atoms with Crippen LogP contribution in [0.1, 0.15) is 28.9 Å². The fourth-order valence-corrected chi connectivity index (χ4v) is 4.99. The molecule has 2 N–H and O–H groups in total. The van der Waals surface area contributed by atoms with E-state index in [1.165, 1.54) is 0 Å². The standard InChI is InChI=1S/C23H21N3O6S/c1-29-20-6-3-7-21(25-20)32-17-5-2-4-16-18(13-30-23(16)17)31-15-10-8-14(9-11-15)19-12-22(27)26(24)33(19)28/h2-11,18-19H,12-13,24H2,1H3/t18-,19?,33?/m1/s1. The summed E-state index contributed by atoms with van der Waals surface area (Å²) in [6.45, 7) is 0.326. The minimum absolute atomic E-state index is 0.123. The van der Waals surface area contributed by atoms with E-state index in [0.717, 1.165) is 15.5 Å². The number of benzene rings is 2. The number of aromatic nitrogens is 1. The fraction of sp³-hybridized carbons (Fsp3) is 0.217. The van der Waals surface area contributed by atoms with Gasteiger partial charge in [0.2, 0.25) is 11.8 Å². The number of nitrogens with two attached hydrogens (primary N) is 1. The summed E-state index contributed by atoms with van der Waals surface area (Å²) in [5.74, 6) is 7.81. The lowest BCUT2D eigenvalue weighted by Gasteiger charge is -2.17. The highest BCUT2D eigenvalue weighted by molar-refractivity contribution is 7.90. The van der Waals surface area contributed by atoms with Crippen LogP contribution in [0.3, 0.4) is 0 Å². The molecule has 2 aliphatic rings. The van der Waals surface area contributed by atoms with Crippen LogP contribution in [-0.4, -0.2) is 33.6 Å². The molecule has 10 heteroatoms. The number of carbonyl (C=O) groups excluding carboxylic acids is 1. The Kier molecular flexibility index (Phi) is 5.71. The Bertz CT molecular complexity index is 1180. The first-order valence-corrected chi connectivity index (χ1v) is 11.4. The summed E-state index contributed by atoms with van der Waals surface area (Å²) in [7, 11) is 1.55. The number of fused-ring (bicyclic) bond motifs is 1. The molecule has 0 saturated carbocycles. The van der Waals surface area contributed by atoms with Gasteiger partial charge < -0.3 is 23.5 Å². The van der Waals surface area contributed by atoms with E-state index in [1.807, 2.05) is 12.1 Å². The molecular weight excluding hydrogens is 446 g/mol. The smallest absolute Gasteiger partial charge is 0.287 e. The molecule has 5 rings (SSSR count). The quantitative estimate of drug-likeness (QED) is 0.333. The third-order valence-electron chi connectivity index (χ3n) is 5.43. The number of methoxy groups -OCH3 is 1. The Labute approximate surface area is 193 Å². The van der Waals surface area contributed by atoms with Crippen molar-refractivity contribution in [2.75, 3.05) is 13.7 Å². The van der Waals surface area contributed by atoms with Gasteiger partial charge in [-0.15, -0.1) is 0 Å². The van der Waals surface area contributed by atoms with Gasteiger partial charge in [-0.3, -0.25) is 4.79 Å². The van der Waals surface area contributed by atoms with Crippen molar-refractivity contribution in [2.24, 2.45) is 5.84 Å². The fourth-order valence-electron chi connectivity index (χ4n) is 3.76. The molecule has 1 aromatic heterocycles. The Morgan fingerprint density at radius 1 is 1.12 bits per heavy atom. The number of amides is 1.